The number of aliphatic imine (C=N–C) groups is 1. The fourth-order valence-electron chi connectivity index (χ4n) is 2.82. The third-order valence-corrected chi connectivity index (χ3v) is 4.31. The fraction of sp³-hybridized carbons (Fsp3) is 0.550. The molecule has 1 fully saturated rings. The summed E-state index contributed by atoms with van der Waals surface area (Å²) in [4.78, 5) is 7.16. The Hall–Kier alpha value is -1.32. The molecular weight excluding hydrogens is 455 g/mol. The number of nitrogens with zero attached hydrogens (tertiary/aromatic N) is 2. The zero-order chi connectivity index (χ0) is 18.6. The summed E-state index contributed by atoms with van der Waals surface area (Å²) in [5.74, 6) is 1.68. The monoisotopic (exact) mass is 488 g/mol. The lowest BCUT2D eigenvalue weighted by atomic mass is 10.2. The summed E-state index contributed by atoms with van der Waals surface area (Å²) in [7, 11) is 0. The van der Waals surface area contributed by atoms with Crippen molar-refractivity contribution in [1.82, 2.24) is 15.5 Å². The van der Waals surface area contributed by atoms with Crippen LogP contribution in [0.25, 0.3) is 0 Å². The van der Waals surface area contributed by atoms with Crippen molar-refractivity contribution in [1.29, 1.82) is 0 Å². The molecule has 1 aromatic carbocycles. The Morgan fingerprint density at radius 1 is 1.33 bits per heavy atom. The van der Waals surface area contributed by atoms with E-state index in [0.717, 1.165) is 56.7 Å². The van der Waals surface area contributed by atoms with Gasteiger partial charge < -0.3 is 20.1 Å². The Morgan fingerprint density at radius 2 is 2.07 bits per heavy atom. The maximum Gasteiger partial charge on any atom is 0.191 e. The first-order chi connectivity index (χ1) is 12.7. The molecule has 6 nitrogen and oxygen atoms in total. The largest absolute Gasteiger partial charge is 0.489 e. The predicted molar refractivity (Wildman–Crippen MR) is 122 cm³/mol. The molecule has 0 amide bonds. The van der Waals surface area contributed by atoms with Gasteiger partial charge in [0.2, 0.25) is 0 Å². The summed E-state index contributed by atoms with van der Waals surface area (Å²) in [6.07, 6.45) is 1.75. The first-order valence-corrected chi connectivity index (χ1v) is 9.40. The maximum atomic E-state index is 5.71. The van der Waals surface area contributed by atoms with Crippen molar-refractivity contribution in [3.63, 3.8) is 0 Å². The van der Waals surface area contributed by atoms with E-state index in [1.165, 1.54) is 0 Å². The first-order valence-electron chi connectivity index (χ1n) is 9.40. The number of hydrogen-bond donors (Lipinski definition) is 2. The molecular formula is C20H33IN4O2. The van der Waals surface area contributed by atoms with Crippen LogP contribution in [0.3, 0.4) is 0 Å². The van der Waals surface area contributed by atoms with Gasteiger partial charge in [-0.15, -0.1) is 24.0 Å². The second kappa shape index (κ2) is 13.8. The zero-order valence-corrected chi connectivity index (χ0v) is 18.8. The number of benzene rings is 1. The van der Waals surface area contributed by atoms with Crippen LogP contribution in [0.1, 0.15) is 19.4 Å². The third-order valence-electron chi connectivity index (χ3n) is 4.31. The summed E-state index contributed by atoms with van der Waals surface area (Å²) >= 11 is 0. The van der Waals surface area contributed by atoms with E-state index in [0.29, 0.717) is 19.2 Å². The molecule has 152 valence electrons. The van der Waals surface area contributed by atoms with Gasteiger partial charge in [0.15, 0.2) is 5.96 Å². The van der Waals surface area contributed by atoms with Crippen molar-refractivity contribution >= 4 is 29.9 Å². The lowest BCUT2D eigenvalue weighted by Crippen LogP contribution is -2.49. The van der Waals surface area contributed by atoms with E-state index in [1.807, 2.05) is 24.3 Å². The number of nitrogens with one attached hydrogen (secondary N) is 2. The highest BCUT2D eigenvalue weighted by Crippen LogP contribution is 2.18. The molecule has 1 heterocycles. The zero-order valence-electron chi connectivity index (χ0n) is 16.4. The molecule has 1 atom stereocenters. The standard InChI is InChI=1S/C20H32N4O2.HI/c1-4-12-26-19-9-7-6-8-18(19)16-23-20(21-5-2)22-15-17(3)24-10-13-25-14-11-24;/h4,6-9,17H,1,5,10-16H2,2-3H3,(H2,21,22,23);1H. The molecule has 7 heteroatoms. The summed E-state index contributed by atoms with van der Waals surface area (Å²) in [5, 5.41) is 6.76. The van der Waals surface area contributed by atoms with Crippen molar-refractivity contribution in [2.45, 2.75) is 26.4 Å². The van der Waals surface area contributed by atoms with Gasteiger partial charge in [-0.3, -0.25) is 4.90 Å². The predicted octanol–water partition coefficient (Wildman–Crippen LogP) is 2.65. The summed E-state index contributed by atoms with van der Waals surface area (Å²) in [5.41, 5.74) is 1.06. The normalized spacial score (nSPS) is 16.1. The second-order valence-electron chi connectivity index (χ2n) is 6.28. The Labute approximate surface area is 180 Å². The smallest absolute Gasteiger partial charge is 0.191 e. The van der Waals surface area contributed by atoms with Crippen LogP contribution in [0.5, 0.6) is 5.75 Å². The van der Waals surface area contributed by atoms with E-state index in [2.05, 4.69) is 36.0 Å². The van der Waals surface area contributed by atoms with Gasteiger partial charge in [-0.1, -0.05) is 30.9 Å². The van der Waals surface area contributed by atoms with E-state index in [-0.39, 0.29) is 24.0 Å². The van der Waals surface area contributed by atoms with Crippen molar-refractivity contribution in [2.75, 3.05) is 46.0 Å². The molecule has 1 aliphatic heterocycles. The molecule has 1 unspecified atom stereocenters. The van der Waals surface area contributed by atoms with Gasteiger partial charge in [0, 0.05) is 37.8 Å². The topological polar surface area (TPSA) is 58.1 Å². The lowest BCUT2D eigenvalue weighted by Gasteiger charge is -2.32. The van der Waals surface area contributed by atoms with E-state index in [9.17, 15) is 0 Å². The number of rotatable bonds is 9. The quantitative estimate of drug-likeness (QED) is 0.242. The van der Waals surface area contributed by atoms with Crippen LogP contribution < -0.4 is 15.4 Å². The van der Waals surface area contributed by atoms with Crippen molar-refractivity contribution in [2.24, 2.45) is 4.99 Å². The Kier molecular flexibility index (Phi) is 12.1. The molecule has 0 aliphatic carbocycles. The lowest BCUT2D eigenvalue weighted by molar-refractivity contribution is 0.0211. The molecule has 2 N–H and O–H groups in total. The van der Waals surface area contributed by atoms with Gasteiger partial charge in [-0.05, 0) is 19.9 Å². The molecule has 1 aromatic rings. The highest BCUT2D eigenvalue weighted by molar-refractivity contribution is 14.0. The van der Waals surface area contributed by atoms with E-state index < -0.39 is 0 Å². The molecule has 1 saturated heterocycles. The summed E-state index contributed by atoms with van der Waals surface area (Å²) < 4.78 is 11.1. The van der Waals surface area contributed by atoms with Crippen LogP contribution in [0.15, 0.2) is 41.9 Å². The second-order valence-corrected chi connectivity index (χ2v) is 6.28. The highest BCUT2D eigenvalue weighted by atomic mass is 127. The van der Waals surface area contributed by atoms with Crippen LogP contribution in [-0.4, -0.2) is 62.9 Å². The number of guanidine groups is 1. The molecule has 1 aliphatic rings. The third kappa shape index (κ3) is 8.49. The van der Waals surface area contributed by atoms with Crippen LogP contribution in [0.2, 0.25) is 0 Å². The molecule has 27 heavy (non-hydrogen) atoms. The van der Waals surface area contributed by atoms with Crippen molar-refractivity contribution in [3.8, 4) is 5.75 Å². The average molecular weight is 488 g/mol. The molecule has 0 saturated carbocycles. The molecule has 0 bridgehead atoms. The minimum absolute atomic E-state index is 0. The highest BCUT2D eigenvalue weighted by Gasteiger charge is 2.17. The van der Waals surface area contributed by atoms with E-state index in [4.69, 9.17) is 14.5 Å². The maximum absolute atomic E-state index is 5.71. The minimum Gasteiger partial charge on any atom is -0.489 e. The molecule has 0 spiro atoms. The Balaban J connectivity index is 0.00000364. The Morgan fingerprint density at radius 3 is 2.78 bits per heavy atom. The fourth-order valence-corrected chi connectivity index (χ4v) is 2.82. The van der Waals surface area contributed by atoms with Gasteiger partial charge in [0.25, 0.3) is 0 Å². The Bertz CT molecular complexity index is 577. The van der Waals surface area contributed by atoms with Crippen molar-refractivity contribution in [3.05, 3.63) is 42.5 Å². The van der Waals surface area contributed by atoms with Gasteiger partial charge >= 0.3 is 0 Å². The van der Waals surface area contributed by atoms with Crippen LogP contribution in [0, 0.1) is 0 Å². The molecule has 0 radical (unpaired) electrons. The van der Waals surface area contributed by atoms with Crippen LogP contribution >= 0.6 is 24.0 Å². The van der Waals surface area contributed by atoms with Gasteiger partial charge in [0.1, 0.15) is 12.4 Å². The number of ether oxygens (including phenoxy) is 2. The minimum atomic E-state index is 0. The average Bonchev–Trinajstić information content (AvgIpc) is 2.69. The number of hydrogen-bond acceptors (Lipinski definition) is 4. The van der Waals surface area contributed by atoms with Gasteiger partial charge in [-0.25, -0.2) is 4.99 Å². The number of halogens is 1. The summed E-state index contributed by atoms with van der Waals surface area (Å²) in [6, 6.07) is 8.42. The van der Waals surface area contributed by atoms with E-state index >= 15 is 0 Å². The molecule has 2 rings (SSSR count). The number of morpholine rings is 1. The van der Waals surface area contributed by atoms with Crippen LogP contribution in [0.4, 0.5) is 0 Å². The summed E-state index contributed by atoms with van der Waals surface area (Å²) in [6.45, 7) is 14.4. The van der Waals surface area contributed by atoms with Crippen LogP contribution in [-0.2, 0) is 11.3 Å². The van der Waals surface area contributed by atoms with Crippen molar-refractivity contribution < 1.29 is 9.47 Å². The van der Waals surface area contributed by atoms with Gasteiger partial charge in [-0.2, -0.15) is 0 Å². The van der Waals surface area contributed by atoms with E-state index in [1.54, 1.807) is 6.08 Å². The van der Waals surface area contributed by atoms with Gasteiger partial charge in [0.05, 0.1) is 19.8 Å². The first kappa shape index (κ1) is 23.7. The molecule has 0 aromatic heterocycles. The number of para-hydroxylation sites is 1. The SMILES string of the molecule is C=CCOc1ccccc1CN=C(NCC)NCC(C)N1CCOCC1.I.